The van der Waals surface area contributed by atoms with E-state index in [1.54, 1.807) is 6.07 Å². The number of non-ortho nitro benzene ring substituents is 1. The third kappa shape index (κ3) is 3.39. The zero-order chi connectivity index (χ0) is 12.1. The highest BCUT2D eigenvalue weighted by Crippen LogP contribution is 2.22. The molecule has 0 saturated carbocycles. The molecule has 0 fully saturated rings. The van der Waals surface area contributed by atoms with Gasteiger partial charge in [-0.25, -0.2) is 0 Å². The van der Waals surface area contributed by atoms with E-state index in [-0.39, 0.29) is 18.2 Å². The molecule has 0 aromatic heterocycles. The second-order valence-electron chi connectivity index (χ2n) is 3.74. The molecule has 0 heterocycles. The van der Waals surface area contributed by atoms with E-state index in [2.05, 4.69) is 5.32 Å². The molecule has 1 unspecified atom stereocenters. The Bertz CT molecular complexity index is 382. The summed E-state index contributed by atoms with van der Waals surface area (Å²) >= 11 is 0. The minimum atomic E-state index is -0.489. The topological polar surface area (TPSA) is 101 Å². The third-order valence-corrected chi connectivity index (χ3v) is 2.12. The van der Waals surface area contributed by atoms with Crippen LogP contribution in [0.5, 0.6) is 0 Å². The fourth-order valence-corrected chi connectivity index (χ4v) is 1.20. The van der Waals surface area contributed by atoms with Crippen LogP contribution >= 0.6 is 0 Å². The van der Waals surface area contributed by atoms with Crippen LogP contribution in [0.3, 0.4) is 0 Å². The molecular formula is C10H15N3O3. The van der Waals surface area contributed by atoms with Crippen LogP contribution in [0.25, 0.3) is 0 Å². The Labute approximate surface area is 93.2 Å². The number of aliphatic hydroxyl groups is 1. The number of nitrogens with two attached hydrogens (primary N) is 1. The third-order valence-electron chi connectivity index (χ3n) is 2.12. The molecular weight excluding hydrogens is 210 g/mol. The first kappa shape index (κ1) is 12.3. The van der Waals surface area contributed by atoms with E-state index in [1.807, 2.05) is 6.92 Å². The molecule has 4 N–H and O–H groups in total. The predicted molar refractivity (Wildman–Crippen MR) is 62.2 cm³/mol. The summed E-state index contributed by atoms with van der Waals surface area (Å²) in [5.74, 6) is 0.0838. The lowest BCUT2D eigenvalue weighted by atomic mass is 10.2. The molecule has 0 spiro atoms. The number of hydrogen-bond donors (Lipinski definition) is 3. The van der Waals surface area contributed by atoms with Crippen molar-refractivity contribution in [2.75, 3.05) is 24.2 Å². The molecule has 0 amide bonds. The van der Waals surface area contributed by atoms with Crippen molar-refractivity contribution in [1.82, 2.24) is 0 Å². The molecule has 0 saturated heterocycles. The van der Waals surface area contributed by atoms with Crippen LogP contribution in [0.2, 0.25) is 0 Å². The van der Waals surface area contributed by atoms with Gasteiger partial charge in [0, 0.05) is 36.7 Å². The smallest absolute Gasteiger partial charge is 0.273 e. The van der Waals surface area contributed by atoms with E-state index in [0.29, 0.717) is 17.9 Å². The van der Waals surface area contributed by atoms with Crippen molar-refractivity contribution in [3.8, 4) is 0 Å². The molecule has 1 aromatic carbocycles. The summed E-state index contributed by atoms with van der Waals surface area (Å²) < 4.78 is 0. The summed E-state index contributed by atoms with van der Waals surface area (Å²) in [5, 5.41) is 22.4. The van der Waals surface area contributed by atoms with Gasteiger partial charge < -0.3 is 16.2 Å². The van der Waals surface area contributed by atoms with E-state index in [4.69, 9.17) is 10.8 Å². The number of rotatable bonds is 5. The summed E-state index contributed by atoms with van der Waals surface area (Å²) in [4.78, 5) is 10.1. The SMILES string of the molecule is CC(CO)CNc1cc(N)cc([N+](=O)[O-])c1. The number of benzene rings is 1. The molecule has 0 bridgehead atoms. The lowest BCUT2D eigenvalue weighted by molar-refractivity contribution is -0.384. The Hall–Kier alpha value is -1.82. The fourth-order valence-electron chi connectivity index (χ4n) is 1.20. The lowest BCUT2D eigenvalue weighted by Crippen LogP contribution is -2.14. The van der Waals surface area contributed by atoms with Crippen LogP contribution in [0.4, 0.5) is 17.1 Å². The molecule has 1 rings (SSSR count). The van der Waals surface area contributed by atoms with Gasteiger partial charge in [-0.1, -0.05) is 6.92 Å². The van der Waals surface area contributed by atoms with Gasteiger partial charge in [-0.15, -0.1) is 0 Å². The van der Waals surface area contributed by atoms with Crippen molar-refractivity contribution in [2.24, 2.45) is 5.92 Å². The van der Waals surface area contributed by atoms with Gasteiger partial charge in [0.1, 0.15) is 0 Å². The van der Waals surface area contributed by atoms with Crippen LogP contribution in [-0.4, -0.2) is 23.2 Å². The van der Waals surface area contributed by atoms with Crippen LogP contribution in [0.15, 0.2) is 18.2 Å². The van der Waals surface area contributed by atoms with Crippen LogP contribution in [0.1, 0.15) is 6.92 Å². The maximum atomic E-state index is 10.6. The number of hydrogen-bond acceptors (Lipinski definition) is 5. The van der Waals surface area contributed by atoms with E-state index >= 15 is 0 Å². The van der Waals surface area contributed by atoms with Gasteiger partial charge in [0.15, 0.2) is 0 Å². The molecule has 6 heteroatoms. The highest BCUT2D eigenvalue weighted by Gasteiger charge is 2.08. The second-order valence-corrected chi connectivity index (χ2v) is 3.74. The van der Waals surface area contributed by atoms with Crippen LogP contribution in [0, 0.1) is 16.0 Å². The fraction of sp³-hybridized carbons (Fsp3) is 0.400. The molecule has 1 atom stereocenters. The van der Waals surface area contributed by atoms with Crippen molar-refractivity contribution in [3.05, 3.63) is 28.3 Å². The molecule has 0 radical (unpaired) electrons. The Morgan fingerprint density at radius 2 is 2.25 bits per heavy atom. The Kier molecular flexibility index (Phi) is 4.07. The van der Waals surface area contributed by atoms with Crippen LogP contribution in [-0.2, 0) is 0 Å². The van der Waals surface area contributed by atoms with Gasteiger partial charge in [-0.3, -0.25) is 10.1 Å². The number of anilines is 2. The summed E-state index contributed by atoms with van der Waals surface area (Å²) in [6.07, 6.45) is 0. The summed E-state index contributed by atoms with van der Waals surface area (Å²) in [7, 11) is 0. The zero-order valence-corrected chi connectivity index (χ0v) is 9.01. The van der Waals surface area contributed by atoms with E-state index in [9.17, 15) is 10.1 Å². The number of nitrogens with zero attached hydrogens (tertiary/aromatic N) is 1. The molecule has 0 aliphatic carbocycles. The van der Waals surface area contributed by atoms with Crippen molar-refractivity contribution in [1.29, 1.82) is 0 Å². The van der Waals surface area contributed by atoms with Gasteiger partial charge >= 0.3 is 0 Å². The predicted octanol–water partition coefficient (Wildman–Crippen LogP) is 1.22. The summed E-state index contributed by atoms with van der Waals surface area (Å²) in [5.41, 5.74) is 6.43. The average molecular weight is 225 g/mol. The highest BCUT2D eigenvalue weighted by atomic mass is 16.6. The largest absolute Gasteiger partial charge is 0.398 e. The maximum absolute atomic E-state index is 10.6. The van der Waals surface area contributed by atoms with Gasteiger partial charge in [-0.05, 0) is 12.0 Å². The van der Waals surface area contributed by atoms with Crippen LogP contribution < -0.4 is 11.1 Å². The average Bonchev–Trinajstić information content (AvgIpc) is 2.25. The monoisotopic (exact) mass is 225 g/mol. The van der Waals surface area contributed by atoms with Crippen molar-refractivity contribution in [2.45, 2.75) is 6.92 Å². The minimum Gasteiger partial charge on any atom is -0.398 e. The first-order valence-corrected chi connectivity index (χ1v) is 4.92. The van der Waals surface area contributed by atoms with E-state index in [0.717, 1.165) is 0 Å². The van der Waals surface area contributed by atoms with Crippen molar-refractivity contribution in [3.63, 3.8) is 0 Å². The maximum Gasteiger partial charge on any atom is 0.273 e. The van der Waals surface area contributed by atoms with E-state index < -0.39 is 4.92 Å². The molecule has 0 aliphatic rings. The molecule has 16 heavy (non-hydrogen) atoms. The Morgan fingerprint density at radius 3 is 2.81 bits per heavy atom. The highest BCUT2D eigenvalue weighted by molar-refractivity contribution is 5.61. The van der Waals surface area contributed by atoms with Gasteiger partial charge in [-0.2, -0.15) is 0 Å². The molecule has 6 nitrogen and oxygen atoms in total. The summed E-state index contributed by atoms with van der Waals surface area (Å²) in [6.45, 7) is 2.47. The first-order chi connectivity index (χ1) is 7.52. The quantitative estimate of drug-likeness (QED) is 0.397. The number of nitro benzene ring substituents is 1. The number of nitrogen functional groups attached to an aromatic ring is 1. The second kappa shape index (κ2) is 5.32. The Balaban J connectivity index is 2.76. The standard InChI is InChI=1S/C10H15N3O3/c1-7(6-14)5-12-9-2-8(11)3-10(4-9)13(15)16/h2-4,7,12,14H,5-6,11H2,1H3. The summed E-state index contributed by atoms with van der Waals surface area (Å²) in [6, 6.07) is 4.35. The number of nitro groups is 1. The Morgan fingerprint density at radius 1 is 1.56 bits per heavy atom. The van der Waals surface area contributed by atoms with Gasteiger partial charge in [0.25, 0.3) is 5.69 Å². The first-order valence-electron chi connectivity index (χ1n) is 4.92. The molecule has 88 valence electrons. The number of aliphatic hydroxyl groups excluding tert-OH is 1. The van der Waals surface area contributed by atoms with Gasteiger partial charge in [0.2, 0.25) is 0 Å². The number of nitrogens with one attached hydrogen (secondary N) is 1. The van der Waals surface area contributed by atoms with E-state index in [1.165, 1.54) is 12.1 Å². The van der Waals surface area contributed by atoms with Gasteiger partial charge in [0.05, 0.1) is 4.92 Å². The molecule has 0 aliphatic heterocycles. The van der Waals surface area contributed by atoms with Crippen molar-refractivity contribution < 1.29 is 10.0 Å². The minimum absolute atomic E-state index is 0.0425. The zero-order valence-electron chi connectivity index (χ0n) is 9.01. The molecule has 1 aromatic rings. The lowest BCUT2D eigenvalue weighted by Gasteiger charge is -2.11. The normalized spacial score (nSPS) is 12.1. The van der Waals surface area contributed by atoms with Crippen molar-refractivity contribution >= 4 is 17.1 Å².